The van der Waals surface area contributed by atoms with Gasteiger partial charge in [0.15, 0.2) is 0 Å². The van der Waals surface area contributed by atoms with Gasteiger partial charge in [-0.2, -0.15) is 0 Å². The van der Waals surface area contributed by atoms with E-state index in [9.17, 15) is 14.3 Å². The number of pyridine rings is 1. The topological polar surface area (TPSA) is 68.7 Å². The van der Waals surface area contributed by atoms with Crippen LogP contribution in [0.15, 0.2) is 54.6 Å². The Hall–Kier alpha value is -3.41. The largest absolute Gasteiger partial charge is 0.497 e. The smallest absolute Gasteiger partial charge is 0.337 e. The lowest BCUT2D eigenvalue weighted by atomic mass is 10.0. The van der Waals surface area contributed by atoms with Gasteiger partial charge in [0.25, 0.3) is 0 Å². The lowest BCUT2D eigenvalue weighted by molar-refractivity contribution is 0.0695. The number of rotatable bonds is 8. The lowest BCUT2D eigenvalue weighted by Crippen LogP contribution is -2.07. The van der Waals surface area contributed by atoms with E-state index in [-0.39, 0.29) is 17.8 Å². The van der Waals surface area contributed by atoms with Crippen molar-refractivity contribution in [1.82, 2.24) is 4.98 Å². The van der Waals surface area contributed by atoms with Crippen molar-refractivity contribution < 1.29 is 23.8 Å². The van der Waals surface area contributed by atoms with Gasteiger partial charge in [-0.05, 0) is 54.4 Å². The molecule has 1 heterocycles. The predicted octanol–water partition coefficient (Wildman–Crippen LogP) is 4.97. The maximum Gasteiger partial charge on any atom is 0.337 e. The first-order valence-corrected chi connectivity index (χ1v) is 9.30. The summed E-state index contributed by atoms with van der Waals surface area (Å²) < 4.78 is 24.7. The average molecular weight is 395 g/mol. The summed E-state index contributed by atoms with van der Waals surface area (Å²) in [4.78, 5) is 16.3. The van der Waals surface area contributed by atoms with E-state index in [2.05, 4.69) is 4.98 Å². The molecule has 1 N–H and O–H groups in total. The highest BCUT2D eigenvalue weighted by molar-refractivity contribution is 5.89. The highest BCUT2D eigenvalue weighted by atomic mass is 19.1. The second-order valence-corrected chi connectivity index (χ2v) is 6.51. The molecule has 0 unspecified atom stereocenters. The summed E-state index contributed by atoms with van der Waals surface area (Å²) in [6, 6.07) is 14.6. The molecule has 0 aliphatic rings. The van der Waals surface area contributed by atoms with Crippen molar-refractivity contribution in [3.63, 3.8) is 0 Å². The van der Waals surface area contributed by atoms with Gasteiger partial charge in [0, 0.05) is 12.0 Å². The minimum absolute atomic E-state index is 0.0805. The number of nitrogens with zero attached hydrogens (tertiary/aromatic N) is 1. The van der Waals surface area contributed by atoms with Crippen molar-refractivity contribution in [2.45, 2.75) is 19.8 Å². The average Bonchev–Trinajstić information content (AvgIpc) is 2.72. The zero-order valence-corrected chi connectivity index (χ0v) is 16.3. The fourth-order valence-corrected chi connectivity index (χ4v) is 3.00. The maximum atomic E-state index is 13.6. The van der Waals surface area contributed by atoms with Crippen LogP contribution in [-0.2, 0) is 6.42 Å². The number of hydrogen-bond donors (Lipinski definition) is 1. The van der Waals surface area contributed by atoms with Gasteiger partial charge < -0.3 is 14.6 Å². The second kappa shape index (κ2) is 9.19. The third kappa shape index (κ3) is 4.90. The van der Waals surface area contributed by atoms with Crippen molar-refractivity contribution >= 4 is 5.97 Å². The first-order valence-electron chi connectivity index (χ1n) is 9.30. The molecular formula is C23H22FNO4. The molecule has 29 heavy (non-hydrogen) atoms. The molecule has 3 rings (SSSR count). The quantitative estimate of drug-likeness (QED) is 0.583. The Morgan fingerprint density at radius 2 is 1.97 bits per heavy atom. The van der Waals surface area contributed by atoms with Crippen LogP contribution < -0.4 is 9.47 Å². The summed E-state index contributed by atoms with van der Waals surface area (Å²) in [5.41, 5.74) is 2.34. The number of aromatic nitrogens is 1. The molecule has 0 spiro atoms. The zero-order valence-electron chi connectivity index (χ0n) is 16.3. The van der Waals surface area contributed by atoms with Crippen LogP contribution >= 0.6 is 0 Å². The molecule has 0 amide bonds. The Bertz CT molecular complexity index is 1020. The van der Waals surface area contributed by atoms with Gasteiger partial charge >= 0.3 is 5.97 Å². The summed E-state index contributed by atoms with van der Waals surface area (Å²) >= 11 is 0. The van der Waals surface area contributed by atoms with Gasteiger partial charge in [-0.3, -0.25) is 4.98 Å². The fraction of sp³-hybridized carbons (Fsp3) is 0.217. The van der Waals surface area contributed by atoms with E-state index in [1.54, 1.807) is 37.4 Å². The lowest BCUT2D eigenvalue weighted by Gasteiger charge is -2.14. The summed E-state index contributed by atoms with van der Waals surface area (Å²) in [6.07, 6.45) is 1.05. The summed E-state index contributed by atoms with van der Waals surface area (Å²) in [5, 5.41) is 9.55. The normalized spacial score (nSPS) is 10.6. The molecule has 5 nitrogen and oxygen atoms in total. The molecule has 0 bridgehead atoms. The minimum atomic E-state index is -1.08. The molecule has 0 radical (unpaired) electrons. The van der Waals surface area contributed by atoms with Crippen LogP contribution in [0.25, 0.3) is 11.3 Å². The highest BCUT2D eigenvalue weighted by Crippen LogP contribution is 2.33. The van der Waals surface area contributed by atoms with E-state index < -0.39 is 5.97 Å². The molecule has 1 aromatic heterocycles. The third-order valence-corrected chi connectivity index (χ3v) is 4.39. The Balaban J connectivity index is 2.08. The number of aromatic carboxylic acids is 1. The molecule has 0 fully saturated rings. The molecule has 6 heteroatoms. The molecule has 0 aliphatic heterocycles. The molecule has 150 valence electrons. The van der Waals surface area contributed by atoms with Crippen LogP contribution in [0, 0.1) is 5.82 Å². The van der Waals surface area contributed by atoms with Crippen LogP contribution in [0.2, 0.25) is 0 Å². The van der Waals surface area contributed by atoms with Gasteiger partial charge in [-0.15, -0.1) is 0 Å². The Kier molecular flexibility index (Phi) is 6.44. The van der Waals surface area contributed by atoms with Gasteiger partial charge in [0.1, 0.15) is 17.3 Å². The SMILES string of the molecule is CCCOc1ccc(OC)cc1-c1ccc(C(=O)O)c(Cc2cccc(F)c2)n1. The van der Waals surface area contributed by atoms with E-state index in [1.165, 1.54) is 18.2 Å². The monoisotopic (exact) mass is 395 g/mol. The predicted molar refractivity (Wildman–Crippen MR) is 108 cm³/mol. The van der Waals surface area contributed by atoms with Gasteiger partial charge in [0.05, 0.1) is 30.7 Å². The summed E-state index contributed by atoms with van der Waals surface area (Å²) in [6.45, 7) is 2.56. The van der Waals surface area contributed by atoms with Crippen LogP contribution in [0.3, 0.4) is 0 Å². The fourth-order valence-electron chi connectivity index (χ4n) is 3.00. The molecule has 0 saturated heterocycles. The van der Waals surface area contributed by atoms with Gasteiger partial charge in [-0.1, -0.05) is 19.1 Å². The zero-order chi connectivity index (χ0) is 20.8. The summed E-state index contributed by atoms with van der Waals surface area (Å²) in [7, 11) is 1.57. The van der Waals surface area contributed by atoms with Crippen molar-refractivity contribution in [1.29, 1.82) is 0 Å². The standard InChI is InChI=1S/C23H22FNO4/c1-3-11-29-22-10-7-17(28-2)14-19(22)20-9-8-18(23(26)27)21(25-20)13-15-5-4-6-16(24)12-15/h4-10,12,14H,3,11,13H2,1-2H3,(H,26,27). The Morgan fingerprint density at radius 1 is 1.14 bits per heavy atom. The number of carboxylic acid groups (broad SMARTS) is 1. The van der Waals surface area contributed by atoms with Crippen LogP contribution in [0.1, 0.15) is 35.0 Å². The molecular weight excluding hydrogens is 373 g/mol. The molecule has 2 aromatic carbocycles. The molecule has 0 atom stereocenters. The number of carbonyl (C=O) groups is 1. The second-order valence-electron chi connectivity index (χ2n) is 6.51. The van der Waals surface area contributed by atoms with Crippen molar-refractivity contribution in [2.75, 3.05) is 13.7 Å². The molecule has 0 aliphatic carbocycles. The first-order chi connectivity index (χ1) is 14.0. The molecule has 0 saturated carbocycles. The number of benzene rings is 2. The minimum Gasteiger partial charge on any atom is -0.497 e. The van der Waals surface area contributed by atoms with Crippen LogP contribution in [0.4, 0.5) is 4.39 Å². The van der Waals surface area contributed by atoms with E-state index >= 15 is 0 Å². The van der Waals surface area contributed by atoms with Crippen molar-refractivity contribution in [3.8, 4) is 22.8 Å². The number of hydrogen-bond acceptors (Lipinski definition) is 4. The van der Waals surface area contributed by atoms with E-state index in [0.717, 1.165) is 6.42 Å². The van der Waals surface area contributed by atoms with Crippen LogP contribution in [-0.4, -0.2) is 29.8 Å². The maximum absolute atomic E-state index is 13.6. The highest BCUT2D eigenvalue weighted by Gasteiger charge is 2.17. The van der Waals surface area contributed by atoms with E-state index in [4.69, 9.17) is 9.47 Å². The van der Waals surface area contributed by atoms with Crippen molar-refractivity contribution in [2.24, 2.45) is 0 Å². The molecule has 3 aromatic rings. The number of halogens is 1. The first kappa shape index (κ1) is 20.3. The van der Waals surface area contributed by atoms with E-state index in [0.29, 0.717) is 40.6 Å². The summed E-state index contributed by atoms with van der Waals surface area (Å²) in [5.74, 6) is -0.179. The van der Waals surface area contributed by atoms with E-state index in [1.807, 2.05) is 13.0 Å². The Labute approximate surface area is 168 Å². The number of carboxylic acids is 1. The number of ether oxygens (including phenoxy) is 2. The number of methoxy groups -OCH3 is 1. The van der Waals surface area contributed by atoms with Gasteiger partial charge in [-0.25, -0.2) is 9.18 Å². The van der Waals surface area contributed by atoms with Crippen molar-refractivity contribution in [3.05, 3.63) is 77.2 Å². The Morgan fingerprint density at radius 3 is 2.66 bits per heavy atom. The van der Waals surface area contributed by atoms with Gasteiger partial charge in [0.2, 0.25) is 0 Å². The van der Waals surface area contributed by atoms with Crippen LogP contribution in [0.5, 0.6) is 11.5 Å². The third-order valence-electron chi connectivity index (χ3n) is 4.39.